The Morgan fingerprint density at radius 3 is 2.56 bits per heavy atom. The predicted octanol–water partition coefficient (Wildman–Crippen LogP) is 0.975. The molecule has 2 fully saturated rings. The molecule has 2 N–H and O–H groups in total. The number of hydrogen-bond acceptors (Lipinski definition) is 3. The monoisotopic (exact) mass is 253 g/mol. The highest BCUT2D eigenvalue weighted by Crippen LogP contribution is 2.36. The first-order valence-corrected chi connectivity index (χ1v) is 7.40. The van der Waals surface area contributed by atoms with Gasteiger partial charge in [-0.2, -0.15) is 0 Å². The molecule has 104 valence electrons. The van der Waals surface area contributed by atoms with E-state index in [1.54, 1.807) is 0 Å². The molecule has 1 amide bonds. The van der Waals surface area contributed by atoms with E-state index in [2.05, 4.69) is 29.5 Å². The molecule has 0 radical (unpaired) electrons. The van der Waals surface area contributed by atoms with Crippen molar-refractivity contribution >= 4 is 5.91 Å². The minimum atomic E-state index is 0.148. The predicted molar refractivity (Wildman–Crippen MR) is 73.5 cm³/mol. The van der Waals surface area contributed by atoms with Crippen molar-refractivity contribution in [2.75, 3.05) is 26.7 Å². The van der Waals surface area contributed by atoms with Crippen LogP contribution in [0, 0.1) is 5.92 Å². The molecule has 0 aromatic rings. The fourth-order valence-electron chi connectivity index (χ4n) is 3.39. The van der Waals surface area contributed by atoms with Crippen LogP contribution in [0.3, 0.4) is 0 Å². The molecule has 4 heteroatoms. The van der Waals surface area contributed by atoms with Gasteiger partial charge in [-0.1, -0.05) is 6.92 Å². The highest BCUT2D eigenvalue weighted by Gasteiger charge is 2.38. The van der Waals surface area contributed by atoms with E-state index in [4.69, 9.17) is 0 Å². The topological polar surface area (TPSA) is 44.4 Å². The van der Waals surface area contributed by atoms with Gasteiger partial charge in [0.25, 0.3) is 0 Å². The highest BCUT2D eigenvalue weighted by molar-refractivity contribution is 5.77. The van der Waals surface area contributed by atoms with Gasteiger partial charge in [-0.25, -0.2) is 0 Å². The van der Waals surface area contributed by atoms with Crippen LogP contribution in [-0.4, -0.2) is 49.6 Å². The van der Waals surface area contributed by atoms with Crippen LogP contribution in [0.4, 0.5) is 0 Å². The van der Waals surface area contributed by atoms with Crippen molar-refractivity contribution in [1.29, 1.82) is 0 Å². The molecule has 0 aliphatic carbocycles. The maximum absolute atomic E-state index is 11.6. The molecule has 0 aromatic carbocycles. The van der Waals surface area contributed by atoms with Crippen molar-refractivity contribution in [3.63, 3.8) is 0 Å². The summed E-state index contributed by atoms with van der Waals surface area (Å²) in [7, 11) is 2.26. The third-order valence-electron chi connectivity index (χ3n) is 4.50. The molecular weight excluding hydrogens is 226 g/mol. The lowest BCUT2D eigenvalue weighted by molar-refractivity contribution is -0.120. The summed E-state index contributed by atoms with van der Waals surface area (Å²) in [5, 5.41) is 6.21. The second kappa shape index (κ2) is 6.53. The lowest BCUT2D eigenvalue weighted by atomic mass is 9.91. The lowest BCUT2D eigenvalue weighted by Crippen LogP contribution is -2.44. The summed E-state index contributed by atoms with van der Waals surface area (Å²) < 4.78 is 0. The van der Waals surface area contributed by atoms with Crippen molar-refractivity contribution in [3.05, 3.63) is 0 Å². The zero-order valence-corrected chi connectivity index (χ0v) is 11.7. The van der Waals surface area contributed by atoms with E-state index in [0.717, 1.165) is 31.6 Å². The Balaban J connectivity index is 1.64. The summed E-state index contributed by atoms with van der Waals surface area (Å²) in [4.78, 5) is 14.2. The summed E-state index contributed by atoms with van der Waals surface area (Å²) in [6, 6.07) is 1.53. The second-order valence-corrected chi connectivity index (χ2v) is 5.87. The molecule has 2 unspecified atom stereocenters. The number of nitrogens with one attached hydrogen (secondary N) is 2. The van der Waals surface area contributed by atoms with Crippen molar-refractivity contribution < 1.29 is 4.79 Å². The maximum Gasteiger partial charge on any atom is 0.233 e. The number of fused-ring (bicyclic) bond motifs is 2. The summed E-state index contributed by atoms with van der Waals surface area (Å²) in [6.07, 6.45) is 6.30. The zero-order valence-electron chi connectivity index (χ0n) is 11.7. The van der Waals surface area contributed by atoms with E-state index in [-0.39, 0.29) is 5.91 Å². The number of carbonyl (C=O) groups is 1. The first-order valence-electron chi connectivity index (χ1n) is 7.40. The number of rotatable bonds is 6. The molecule has 2 saturated heterocycles. The van der Waals surface area contributed by atoms with Gasteiger partial charge in [0, 0.05) is 18.6 Å². The molecule has 2 aliphatic rings. The highest BCUT2D eigenvalue weighted by atomic mass is 16.1. The zero-order chi connectivity index (χ0) is 13.0. The average Bonchev–Trinajstić information content (AvgIpc) is 2.60. The van der Waals surface area contributed by atoms with Gasteiger partial charge in [0.15, 0.2) is 0 Å². The minimum absolute atomic E-state index is 0.148. The average molecular weight is 253 g/mol. The van der Waals surface area contributed by atoms with Gasteiger partial charge in [-0.3, -0.25) is 4.79 Å². The van der Waals surface area contributed by atoms with Crippen molar-refractivity contribution in [2.24, 2.45) is 5.92 Å². The summed E-state index contributed by atoms with van der Waals surface area (Å²) in [5.41, 5.74) is 0. The fraction of sp³-hybridized carbons (Fsp3) is 0.929. The molecule has 2 rings (SSSR count). The van der Waals surface area contributed by atoms with Gasteiger partial charge in [-0.05, 0) is 51.6 Å². The molecular formula is C14H27N3O. The molecule has 2 heterocycles. The second-order valence-electron chi connectivity index (χ2n) is 5.87. The number of carbonyl (C=O) groups excluding carboxylic acids is 1. The van der Waals surface area contributed by atoms with Crippen molar-refractivity contribution in [3.8, 4) is 0 Å². The minimum Gasteiger partial charge on any atom is -0.355 e. The standard InChI is InChI=1S/C14H27N3O/c1-3-6-15-10-14(18)16-9-11-7-12-4-5-13(8-11)17(12)2/h11-13,15H,3-10H2,1-2H3,(H,16,18). The van der Waals surface area contributed by atoms with E-state index in [9.17, 15) is 4.79 Å². The maximum atomic E-state index is 11.6. The Morgan fingerprint density at radius 1 is 1.28 bits per heavy atom. The van der Waals surface area contributed by atoms with Crippen LogP contribution in [0.2, 0.25) is 0 Å². The first kappa shape index (κ1) is 13.8. The summed E-state index contributed by atoms with van der Waals surface area (Å²) in [6.45, 7) is 4.37. The molecule has 0 saturated carbocycles. The van der Waals surface area contributed by atoms with Gasteiger partial charge in [0.2, 0.25) is 5.91 Å². The van der Waals surface area contributed by atoms with Crippen LogP contribution in [-0.2, 0) is 4.79 Å². The smallest absolute Gasteiger partial charge is 0.233 e. The summed E-state index contributed by atoms with van der Waals surface area (Å²) >= 11 is 0. The Bertz CT molecular complexity index is 268. The molecule has 0 aromatic heterocycles. The largest absolute Gasteiger partial charge is 0.355 e. The van der Waals surface area contributed by atoms with Crippen LogP contribution < -0.4 is 10.6 Å². The van der Waals surface area contributed by atoms with Crippen LogP contribution in [0.1, 0.15) is 39.0 Å². The van der Waals surface area contributed by atoms with Gasteiger partial charge < -0.3 is 15.5 Å². The van der Waals surface area contributed by atoms with Crippen LogP contribution in [0.15, 0.2) is 0 Å². The Morgan fingerprint density at radius 2 is 1.94 bits per heavy atom. The molecule has 0 spiro atoms. The van der Waals surface area contributed by atoms with E-state index in [1.165, 1.54) is 25.7 Å². The van der Waals surface area contributed by atoms with E-state index < -0.39 is 0 Å². The molecule has 2 aliphatic heterocycles. The lowest BCUT2D eigenvalue weighted by Gasteiger charge is -2.36. The van der Waals surface area contributed by atoms with E-state index >= 15 is 0 Å². The van der Waals surface area contributed by atoms with Crippen LogP contribution in [0.25, 0.3) is 0 Å². The van der Waals surface area contributed by atoms with Gasteiger partial charge >= 0.3 is 0 Å². The molecule has 2 atom stereocenters. The number of hydrogen-bond donors (Lipinski definition) is 2. The van der Waals surface area contributed by atoms with Crippen molar-refractivity contribution in [1.82, 2.24) is 15.5 Å². The number of nitrogens with zero attached hydrogens (tertiary/aromatic N) is 1. The van der Waals surface area contributed by atoms with Gasteiger partial charge in [-0.15, -0.1) is 0 Å². The summed E-state index contributed by atoms with van der Waals surface area (Å²) in [5.74, 6) is 0.837. The van der Waals surface area contributed by atoms with Crippen LogP contribution in [0.5, 0.6) is 0 Å². The van der Waals surface area contributed by atoms with Crippen molar-refractivity contribution in [2.45, 2.75) is 51.1 Å². The quantitative estimate of drug-likeness (QED) is 0.694. The third kappa shape index (κ3) is 3.45. The van der Waals surface area contributed by atoms with Crippen LogP contribution >= 0.6 is 0 Å². The van der Waals surface area contributed by atoms with Gasteiger partial charge in [0.1, 0.15) is 0 Å². The Hall–Kier alpha value is -0.610. The Kier molecular flexibility index (Phi) is 5.01. The van der Waals surface area contributed by atoms with Gasteiger partial charge in [0.05, 0.1) is 6.54 Å². The fourth-order valence-corrected chi connectivity index (χ4v) is 3.39. The molecule has 4 nitrogen and oxygen atoms in total. The normalized spacial score (nSPS) is 31.6. The Labute approximate surface area is 110 Å². The SMILES string of the molecule is CCCNCC(=O)NCC1CC2CCC(C1)N2C. The number of amides is 1. The third-order valence-corrected chi connectivity index (χ3v) is 4.50. The van der Waals surface area contributed by atoms with E-state index in [1.807, 2.05) is 0 Å². The molecule has 2 bridgehead atoms. The number of piperidine rings is 1. The first-order chi connectivity index (χ1) is 8.70. The molecule has 18 heavy (non-hydrogen) atoms. The van der Waals surface area contributed by atoms with E-state index in [0.29, 0.717) is 12.5 Å².